The number of nitrogens with one attached hydrogen (secondary N) is 1. The molecule has 0 radical (unpaired) electrons. The summed E-state index contributed by atoms with van der Waals surface area (Å²) in [6, 6.07) is 0.790. The quantitative estimate of drug-likeness (QED) is 0.825. The number of nitrogens with zero attached hydrogens (tertiary/aromatic N) is 1. The molecule has 0 spiro atoms. The van der Waals surface area contributed by atoms with E-state index >= 15 is 0 Å². The monoisotopic (exact) mass is 252 g/mol. The van der Waals surface area contributed by atoms with Crippen LogP contribution in [0.2, 0.25) is 0 Å². The van der Waals surface area contributed by atoms with Crippen LogP contribution in [-0.4, -0.2) is 36.1 Å². The van der Waals surface area contributed by atoms with E-state index in [0.29, 0.717) is 0 Å². The Morgan fingerprint density at radius 2 is 1.67 bits per heavy atom. The Labute approximate surface area is 114 Å². The van der Waals surface area contributed by atoms with Gasteiger partial charge in [-0.25, -0.2) is 0 Å². The fraction of sp³-hybridized carbons (Fsp3) is 1.00. The second-order valence-electron chi connectivity index (χ2n) is 7.43. The summed E-state index contributed by atoms with van der Waals surface area (Å²) in [4.78, 5) is 2.79. The molecule has 1 atom stereocenters. The first-order valence-corrected chi connectivity index (χ1v) is 8.04. The van der Waals surface area contributed by atoms with E-state index in [9.17, 15) is 0 Å². The number of likely N-dealkylation sites (tertiary alicyclic amines) is 1. The fourth-order valence-corrected chi connectivity index (χ4v) is 3.48. The van der Waals surface area contributed by atoms with Crippen LogP contribution in [0.15, 0.2) is 0 Å². The van der Waals surface area contributed by atoms with Crippen LogP contribution in [0, 0.1) is 5.92 Å². The molecule has 1 saturated heterocycles. The molecule has 2 aliphatic rings. The van der Waals surface area contributed by atoms with Gasteiger partial charge in [-0.2, -0.15) is 0 Å². The van der Waals surface area contributed by atoms with Gasteiger partial charge in [-0.3, -0.25) is 4.90 Å². The molecule has 0 aromatic rings. The lowest BCUT2D eigenvalue weighted by atomic mass is 9.98. The molecule has 1 N–H and O–H groups in total. The Kier molecular flexibility index (Phi) is 5.08. The van der Waals surface area contributed by atoms with Crippen LogP contribution >= 0.6 is 0 Å². The third kappa shape index (κ3) is 4.55. The first-order valence-electron chi connectivity index (χ1n) is 8.04. The summed E-state index contributed by atoms with van der Waals surface area (Å²) >= 11 is 0. The van der Waals surface area contributed by atoms with Crippen molar-refractivity contribution in [1.29, 1.82) is 0 Å². The summed E-state index contributed by atoms with van der Waals surface area (Å²) in [7, 11) is 0. The molecule has 0 aromatic carbocycles. The molecular formula is C16H32N2. The summed E-state index contributed by atoms with van der Waals surface area (Å²) in [5.41, 5.74) is 0.260. The predicted octanol–water partition coefficient (Wildman–Crippen LogP) is 3.42. The molecule has 1 saturated carbocycles. The van der Waals surface area contributed by atoms with Crippen molar-refractivity contribution in [3.05, 3.63) is 0 Å². The highest BCUT2D eigenvalue weighted by molar-refractivity contribution is 4.84. The van der Waals surface area contributed by atoms with Gasteiger partial charge < -0.3 is 5.32 Å². The lowest BCUT2D eigenvalue weighted by Gasteiger charge is -2.39. The van der Waals surface area contributed by atoms with Crippen molar-refractivity contribution in [2.75, 3.05) is 19.6 Å². The van der Waals surface area contributed by atoms with E-state index in [2.05, 4.69) is 31.0 Å². The van der Waals surface area contributed by atoms with Crippen LogP contribution in [0.4, 0.5) is 0 Å². The van der Waals surface area contributed by atoms with E-state index in [1.165, 1.54) is 64.6 Å². The van der Waals surface area contributed by atoms with Gasteiger partial charge in [-0.15, -0.1) is 0 Å². The zero-order chi connectivity index (χ0) is 13.0. The largest absolute Gasteiger partial charge is 0.311 e. The van der Waals surface area contributed by atoms with Gasteiger partial charge in [0.25, 0.3) is 0 Å². The van der Waals surface area contributed by atoms with Crippen LogP contribution < -0.4 is 5.32 Å². The molecule has 2 fully saturated rings. The Morgan fingerprint density at radius 3 is 2.33 bits per heavy atom. The van der Waals surface area contributed by atoms with Crippen molar-refractivity contribution in [2.45, 2.75) is 77.3 Å². The van der Waals surface area contributed by atoms with Gasteiger partial charge in [-0.1, -0.05) is 19.3 Å². The normalized spacial score (nSPS) is 27.8. The van der Waals surface area contributed by atoms with Crippen molar-refractivity contribution in [3.63, 3.8) is 0 Å². The van der Waals surface area contributed by atoms with E-state index in [0.717, 1.165) is 12.0 Å². The summed E-state index contributed by atoms with van der Waals surface area (Å²) in [5, 5.41) is 3.70. The summed E-state index contributed by atoms with van der Waals surface area (Å²) < 4.78 is 0. The first kappa shape index (κ1) is 14.3. The van der Waals surface area contributed by atoms with Crippen molar-refractivity contribution in [2.24, 2.45) is 5.92 Å². The van der Waals surface area contributed by atoms with Gasteiger partial charge in [0.1, 0.15) is 0 Å². The number of hydrogen-bond acceptors (Lipinski definition) is 2. The maximum Gasteiger partial charge on any atom is 0.0220 e. The molecular weight excluding hydrogens is 220 g/mol. The minimum Gasteiger partial charge on any atom is -0.311 e. The maximum atomic E-state index is 3.70. The molecule has 0 bridgehead atoms. The average Bonchev–Trinajstić information content (AvgIpc) is 2.80. The minimum atomic E-state index is 0.260. The fourth-order valence-electron chi connectivity index (χ4n) is 3.48. The zero-order valence-electron chi connectivity index (χ0n) is 12.7. The molecule has 2 heteroatoms. The van der Waals surface area contributed by atoms with Crippen LogP contribution in [0.25, 0.3) is 0 Å². The van der Waals surface area contributed by atoms with Crippen LogP contribution in [-0.2, 0) is 0 Å². The lowest BCUT2D eigenvalue weighted by Crippen LogP contribution is -2.50. The highest BCUT2D eigenvalue weighted by Crippen LogP contribution is 2.28. The summed E-state index contributed by atoms with van der Waals surface area (Å²) in [5.74, 6) is 1.00. The van der Waals surface area contributed by atoms with Crippen molar-refractivity contribution < 1.29 is 0 Å². The summed E-state index contributed by atoms with van der Waals surface area (Å²) in [6.45, 7) is 10.7. The van der Waals surface area contributed by atoms with E-state index in [1.807, 2.05) is 0 Å². The van der Waals surface area contributed by atoms with Gasteiger partial charge in [0, 0.05) is 24.7 Å². The maximum absolute atomic E-state index is 3.70. The van der Waals surface area contributed by atoms with E-state index in [1.54, 1.807) is 0 Å². The van der Waals surface area contributed by atoms with Crippen molar-refractivity contribution in [1.82, 2.24) is 10.2 Å². The SMILES string of the molecule is CC(C)(C)NCC1CCCCN1CC1CCCC1. The molecule has 1 aliphatic carbocycles. The van der Waals surface area contributed by atoms with E-state index in [-0.39, 0.29) is 5.54 Å². The van der Waals surface area contributed by atoms with Crippen LogP contribution in [0.3, 0.4) is 0 Å². The highest BCUT2D eigenvalue weighted by Gasteiger charge is 2.27. The third-order valence-electron chi connectivity index (χ3n) is 4.58. The molecule has 1 aliphatic heterocycles. The second kappa shape index (κ2) is 6.38. The predicted molar refractivity (Wildman–Crippen MR) is 78.9 cm³/mol. The number of rotatable bonds is 4. The van der Waals surface area contributed by atoms with Crippen molar-refractivity contribution >= 4 is 0 Å². The van der Waals surface area contributed by atoms with Crippen LogP contribution in [0.5, 0.6) is 0 Å². The Morgan fingerprint density at radius 1 is 1.00 bits per heavy atom. The second-order valence-corrected chi connectivity index (χ2v) is 7.43. The Balaban J connectivity index is 1.81. The highest BCUT2D eigenvalue weighted by atomic mass is 15.2. The molecule has 0 aromatic heterocycles. The topological polar surface area (TPSA) is 15.3 Å². The molecule has 106 valence electrons. The zero-order valence-corrected chi connectivity index (χ0v) is 12.7. The minimum absolute atomic E-state index is 0.260. The third-order valence-corrected chi connectivity index (χ3v) is 4.58. The standard InChI is InChI=1S/C16H32N2/c1-16(2,3)17-12-15-10-6-7-11-18(15)13-14-8-4-5-9-14/h14-15,17H,4-13H2,1-3H3. The smallest absolute Gasteiger partial charge is 0.0220 e. The Hall–Kier alpha value is -0.0800. The van der Waals surface area contributed by atoms with E-state index < -0.39 is 0 Å². The van der Waals surface area contributed by atoms with Gasteiger partial charge in [-0.05, 0) is 58.9 Å². The summed E-state index contributed by atoms with van der Waals surface area (Å²) in [6.07, 6.45) is 10.2. The molecule has 18 heavy (non-hydrogen) atoms. The van der Waals surface area contributed by atoms with Crippen LogP contribution in [0.1, 0.15) is 65.7 Å². The van der Waals surface area contributed by atoms with Gasteiger partial charge in [0.2, 0.25) is 0 Å². The van der Waals surface area contributed by atoms with Gasteiger partial charge in [0.05, 0.1) is 0 Å². The Bertz CT molecular complexity index is 238. The molecule has 1 unspecified atom stereocenters. The average molecular weight is 252 g/mol. The molecule has 2 nitrogen and oxygen atoms in total. The lowest BCUT2D eigenvalue weighted by molar-refractivity contribution is 0.118. The van der Waals surface area contributed by atoms with Crippen molar-refractivity contribution in [3.8, 4) is 0 Å². The van der Waals surface area contributed by atoms with Gasteiger partial charge in [0.15, 0.2) is 0 Å². The van der Waals surface area contributed by atoms with E-state index in [4.69, 9.17) is 0 Å². The molecule has 0 amide bonds. The van der Waals surface area contributed by atoms with Gasteiger partial charge >= 0.3 is 0 Å². The first-order chi connectivity index (χ1) is 8.54. The number of piperidine rings is 1. The molecule has 2 rings (SSSR count). The molecule has 1 heterocycles. The number of hydrogen-bond donors (Lipinski definition) is 1.